The molecule has 8 heteroatoms. The third-order valence-corrected chi connectivity index (χ3v) is 5.57. The SMILES string of the molecule is COc1ccccc1-n1nc(C)c2c3c(cnc21)C(=O)N(c1ccc(C(C)=O)cc1)C3=O. The van der Waals surface area contributed by atoms with Gasteiger partial charge < -0.3 is 4.74 Å². The number of methoxy groups -OCH3 is 1. The van der Waals surface area contributed by atoms with Gasteiger partial charge in [0.05, 0.1) is 35.0 Å². The predicted octanol–water partition coefficient (Wildman–Crippen LogP) is 3.74. The average Bonchev–Trinajstić information content (AvgIpc) is 3.27. The third-order valence-electron chi connectivity index (χ3n) is 5.57. The van der Waals surface area contributed by atoms with Crippen LogP contribution in [0.2, 0.25) is 0 Å². The van der Waals surface area contributed by atoms with Gasteiger partial charge >= 0.3 is 0 Å². The van der Waals surface area contributed by atoms with Gasteiger partial charge in [0.15, 0.2) is 11.4 Å². The van der Waals surface area contributed by atoms with Gasteiger partial charge in [0, 0.05) is 11.8 Å². The minimum absolute atomic E-state index is 0.0933. The van der Waals surface area contributed by atoms with E-state index < -0.39 is 11.8 Å². The number of benzene rings is 2. The Morgan fingerprint density at radius 3 is 2.41 bits per heavy atom. The minimum atomic E-state index is -0.459. The summed E-state index contributed by atoms with van der Waals surface area (Å²) in [4.78, 5) is 43.7. The molecule has 1 aliphatic heterocycles. The molecule has 0 fully saturated rings. The largest absolute Gasteiger partial charge is 0.494 e. The van der Waals surface area contributed by atoms with Crippen molar-refractivity contribution >= 4 is 34.3 Å². The van der Waals surface area contributed by atoms with Crippen molar-refractivity contribution in [2.75, 3.05) is 12.0 Å². The smallest absolute Gasteiger partial charge is 0.267 e. The summed E-state index contributed by atoms with van der Waals surface area (Å²) in [5, 5.41) is 5.11. The summed E-state index contributed by atoms with van der Waals surface area (Å²) < 4.78 is 7.07. The molecule has 0 spiro atoms. The highest BCUT2D eigenvalue weighted by atomic mass is 16.5. The number of ether oxygens (including phenoxy) is 1. The highest BCUT2D eigenvalue weighted by Gasteiger charge is 2.40. The zero-order valence-corrected chi connectivity index (χ0v) is 17.6. The van der Waals surface area contributed by atoms with Crippen LogP contribution in [0.3, 0.4) is 0 Å². The number of ketones is 1. The Bertz CT molecular complexity index is 1440. The standard InChI is InChI=1S/C24H18N4O4/c1-13-20-21-17(12-25-22(20)28(26-13)18-6-4-5-7-19(18)32-3)23(30)27(24(21)31)16-10-8-15(9-11-16)14(2)29/h4-12H,1-3H3. The molecule has 32 heavy (non-hydrogen) atoms. The average molecular weight is 426 g/mol. The predicted molar refractivity (Wildman–Crippen MR) is 118 cm³/mol. The van der Waals surface area contributed by atoms with Crippen LogP contribution in [0, 0.1) is 6.92 Å². The zero-order chi connectivity index (χ0) is 22.6. The Balaban J connectivity index is 1.67. The van der Waals surface area contributed by atoms with Gasteiger partial charge in [-0.15, -0.1) is 0 Å². The number of nitrogens with zero attached hydrogens (tertiary/aromatic N) is 4. The molecular formula is C24H18N4O4. The van der Waals surface area contributed by atoms with Crippen molar-refractivity contribution in [3.8, 4) is 11.4 Å². The van der Waals surface area contributed by atoms with E-state index in [0.29, 0.717) is 39.4 Å². The highest BCUT2D eigenvalue weighted by Crippen LogP contribution is 2.35. The second-order valence-electron chi connectivity index (χ2n) is 7.46. The first-order valence-corrected chi connectivity index (χ1v) is 9.94. The Labute approximate surface area is 183 Å². The molecule has 1 aliphatic rings. The molecule has 8 nitrogen and oxygen atoms in total. The summed E-state index contributed by atoms with van der Waals surface area (Å²) in [6.45, 7) is 3.24. The van der Waals surface area contributed by atoms with Crippen molar-refractivity contribution in [2.45, 2.75) is 13.8 Å². The molecule has 158 valence electrons. The van der Waals surface area contributed by atoms with Crippen LogP contribution in [-0.2, 0) is 0 Å². The van der Waals surface area contributed by atoms with Crippen LogP contribution >= 0.6 is 0 Å². The topological polar surface area (TPSA) is 94.4 Å². The summed E-state index contributed by atoms with van der Waals surface area (Å²) in [6, 6.07) is 13.7. The monoisotopic (exact) mass is 426 g/mol. The number of hydrogen-bond acceptors (Lipinski definition) is 6. The number of pyridine rings is 1. The van der Waals surface area contributed by atoms with Crippen LogP contribution in [0.5, 0.6) is 5.75 Å². The second-order valence-corrected chi connectivity index (χ2v) is 7.46. The van der Waals surface area contributed by atoms with Crippen molar-refractivity contribution in [1.29, 1.82) is 0 Å². The lowest BCUT2D eigenvalue weighted by molar-refractivity contribution is 0.0925. The van der Waals surface area contributed by atoms with Crippen molar-refractivity contribution < 1.29 is 19.1 Å². The number of para-hydroxylation sites is 2. The van der Waals surface area contributed by atoms with Gasteiger partial charge in [-0.1, -0.05) is 12.1 Å². The molecule has 0 bridgehead atoms. The molecule has 0 radical (unpaired) electrons. The summed E-state index contributed by atoms with van der Waals surface area (Å²) >= 11 is 0. The van der Waals surface area contributed by atoms with E-state index in [1.165, 1.54) is 13.1 Å². The van der Waals surface area contributed by atoms with E-state index in [0.717, 1.165) is 4.90 Å². The fourth-order valence-corrected chi connectivity index (χ4v) is 4.01. The molecule has 2 amide bonds. The molecular weight excluding hydrogens is 408 g/mol. The molecule has 0 N–H and O–H groups in total. The van der Waals surface area contributed by atoms with Gasteiger partial charge in [0.2, 0.25) is 0 Å². The maximum atomic E-state index is 13.4. The van der Waals surface area contributed by atoms with Gasteiger partial charge in [-0.05, 0) is 50.2 Å². The normalized spacial score (nSPS) is 13.0. The molecule has 2 aromatic carbocycles. The first-order chi connectivity index (χ1) is 15.4. The number of aryl methyl sites for hydroxylation is 1. The summed E-state index contributed by atoms with van der Waals surface area (Å²) in [5.74, 6) is -0.395. The molecule has 2 aromatic heterocycles. The highest BCUT2D eigenvalue weighted by molar-refractivity contribution is 6.37. The summed E-state index contributed by atoms with van der Waals surface area (Å²) in [7, 11) is 1.57. The number of hydrogen-bond donors (Lipinski definition) is 0. The molecule has 3 heterocycles. The number of Topliss-reactive ketones (excluding diaryl/α,β-unsaturated/α-hetero) is 1. The fourth-order valence-electron chi connectivity index (χ4n) is 4.01. The van der Waals surface area contributed by atoms with E-state index in [4.69, 9.17) is 4.74 Å². The van der Waals surface area contributed by atoms with Crippen molar-refractivity contribution in [1.82, 2.24) is 14.8 Å². The maximum Gasteiger partial charge on any atom is 0.267 e. The number of carbonyl (C=O) groups excluding carboxylic acids is 3. The van der Waals surface area contributed by atoms with Gasteiger partial charge in [0.1, 0.15) is 11.4 Å². The zero-order valence-electron chi connectivity index (χ0n) is 17.6. The first-order valence-electron chi connectivity index (χ1n) is 9.94. The number of imide groups is 1. The molecule has 0 atom stereocenters. The minimum Gasteiger partial charge on any atom is -0.494 e. The van der Waals surface area contributed by atoms with Crippen LogP contribution in [0.1, 0.15) is 43.7 Å². The van der Waals surface area contributed by atoms with Gasteiger partial charge in [0.25, 0.3) is 11.8 Å². The number of anilines is 1. The number of fused-ring (bicyclic) bond motifs is 3. The fraction of sp³-hybridized carbons (Fsp3) is 0.125. The maximum absolute atomic E-state index is 13.4. The van der Waals surface area contributed by atoms with E-state index in [-0.39, 0.29) is 16.9 Å². The lowest BCUT2D eigenvalue weighted by Crippen LogP contribution is -2.29. The number of rotatable bonds is 4. The molecule has 0 saturated carbocycles. The van der Waals surface area contributed by atoms with Crippen LogP contribution < -0.4 is 9.64 Å². The van der Waals surface area contributed by atoms with E-state index in [9.17, 15) is 14.4 Å². The van der Waals surface area contributed by atoms with Gasteiger partial charge in [-0.2, -0.15) is 5.10 Å². The second kappa shape index (κ2) is 7.12. The quantitative estimate of drug-likeness (QED) is 0.364. The lowest BCUT2D eigenvalue weighted by Gasteiger charge is -2.14. The number of amides is 2. The first kappa shape index (κ1) is 19.6. The van der Waals surface area contributed by atoms with Crippen molar-refractivity contribution in [3.63, 3.8) is 0 Å². The van der Waals surface area contributed by atoms with Crippen LogP contribution in [0.15, 0.2) is 54.7 Å². The van der Waals surface area contributed by atoms with Crippen molar-refractivity contribution in [2.24, 2.45) is 0 Å². The van der Waals surface area contributed by atoms with Crippen LogP contribution in [0.4, 0.5) is 5.69 Å². The molecule has 4 aromatic rings. The lowest BCUT2D eigenvalue weighted by atomic mass is 10.1. The van der Waals surface area contributed by atoms with E-state index in [1.54, 1.807) is 43.0 Å². The summed E-state index contributed by atoms with van der Waals surface area (Å²) in [5.41, 5.74) is 3.10. The van der Waals surface area contributed by atoms with Crippen LogP contribution in [-0.4, -0.2) is 39.5 Å². The molecule has 0 unspecified atom stereocenters. The summed E-state index contributed by atoms with van der Waals surface area (Å²) in [6.07, 6.45) is 1.41. The Kier molecular flexibility index (Phi) is 4.37. The van der Waals surface area contributed by atoms with E-state index in [1.807, 2.05) is 24.3 Å². The van der Waals surface area contributed by atoms with Gasteiger partial charge in [-0.25, -0.2) is 14.6 Å². The van der Waals surface area contributed by atoms with Crippen molar-refractivity contribution in [3.05, 3.63) is 77.1 Å². The van der Waals surface area contributed by atoms with Gasteiger partial charge in [-0.3, -0.25) is 14.4 Å². The molecule has 0 aliphatic carbocycles. The Morgan fingerprint density at radius 1 is 1.00 bits per heavy atom. The number of carbonyl (C=O) groups is 3. The van der Waals surface area contributed by atoms with Crippen LogP contribution in [0.25, 0.3) is 16.7 Å². The third kappa shape index (κ3) is 2.73. The molecule has 0 saturated heterocycles. The Morgan fingerprint density at radius 2 is 1.72 bits per heavy atom. The van der Waals surface area contributed by atoms with E-state index >= 15 is 0 Å². The Hall–Kier alpha value is -4.33. The van der Waals surface area contributed by atoms with E-state index in [2.05, 4.69) is 10.1 Å². The molecule has 5 rings (SSSR count). The number of aromatic nitrogens is 3.